The Kier molecular flexibility index (Phi) is 4.52. The third kappa shape index (κ3) is 3.25. The van der Waals surface area contributed by atoms with E-state index in [1.54, 1.807) is 6.07 Å². The molecule has 3 aliphatic rings. The van der Waals surface area contributed by atoms with E-state index in [0.29, 0.717) is 6.04 Å². The summed E-state index contributed by atoms with van der Waals surface area (Å²) in [5.74, 6) is -1.53. The fraction of sp³-hybridized carbons (Fsp3) is 0.625. The third-order valence-corrected chi connectivity index (χ3v) is 4.69. The zero-order chi connectivity index (χ0) is 14.8. The van der Waals surface area contributed by atoms with Crippen LogP contribution in [-0.2, 0) is 6.42 Å². The van der Waals surface area contributed by atoms with Gasteiger partial charge in [0.2, 0.25) is 0 Å². The number of hydrogen-bond acceptors (Lipinski definition) is 3. The van der Waals surface area contributed by atoms with Crippen molar-refractivity contribution in [3.05, 3.63) is 35.4 Å². The highest BCUT2D eigenvalue weighted by molar-refractivity contribution is 5.19. The largest absolute Gasteiger partial charge is 0.312 e. The molecule has 21 heavy (non-hydrogen) atoms. The summed E-state index contributed by atoms with van der Waals surface area (Å²) >= 11 is 0. The number of nitrogens with one attached hydrogen (secondary N) is 1. The minimum atomic E-state index is -0.773. The molecule has 1 N–H and O–H groups in total. The second-order valence-electron chi connectivity index (χ2n) is 6.02. The number of benzene rings is 1. The first-order chi connectivity index (χ1) is 10.2. The van der Waals surface area contributed by atoms with Crippen LogP contribution in [0.2, 0.25) is 0 Å². The Hall–Kier alpha value is -1.04. The topological polar surface area (TPSA) is 18.5 Å². The van der Waals surface area contributed by atoms with Crippen LogP contribution in [0.25, 0.3) is 0 Å². The molecule has 1 aromatic rings. The number of nitrogens with zero attached hydrogens (tertiary/aromatic N) is 2. The normalized spacial score (nSPS) is 29.6. The van der Waals surface area contributed by atoms with E-state index in [1.165, 1.54) is 12.1 Å². The van der Waals surface area contributed by atoms with Crippen molar-refractivity contribution in [3.63, 3.8) is 0 Å². The molecule has 0 saturated carbocycles. The van der Waals surface area contributed by atoms with Crippen LogP contribution < -0.4 is 5.32 Å². The van der Waals surface area contributed by atoms with E-state index in [0.717, 1.165) is 51.3 Å². The van der Waals surface area contributed by atoms with Crippen LogP contribution in [0.4, 0.5) is 8.78 Å². The Morgan fingerprint density at radius 3 is 2.52 bits per heavy atom. The monoisotopic (exact) mass is 295 g/mol. The van der Waals surface area contributed by atoms with Crippen LogP contribution in [-0.4, -0.2) is 61.2 Å². The zero-order valence-corrected chi connectivity index (χ0v) is 12.5. The maximum atomic E-state index is 13.4. The van der Waals surface area contributed by atoms with E-state index < -0.39 is 11.6 Å². The highest BCUT2D eigenvalue weighted by Crippen LogP contribution is 2.21. The minimum absolute atomic E-state index is 0.281. The van der Waals surface area contributed by atoms with E-state index in [2.05, 4.69) is 22.0 Å². The predicted octanol–water partition coefficient (Wildman–Crippen LogP) is 1.49. The molecule has 1 aromatic carbocycles. The lowest BCUT2D eigenvalue weighted by atomic mass is 9.94. The van der Waals surface area contributed by atoms with Gasteiger partial charge in [-0.15, -0.1) is 0 Å². The predicted molar refractivity (Wildman–Crippen MR) is 79.3 cm³/mol. The molecule has 0 aromatic heterocycles. The van der Waals surface area contributed by atoms with Gasteiger partial charge < -0.3 is 5.32 Å². The van der Waals surface area contributed by atoms with Gasteiger partial charge in [0.15, 0.2) is 11.6 Å². The maximum Gasteiger partial charge on any atom is 0.159 e. The lowest BCUT2D eigenvalue weighted by Gasteiger charge is -2.50. The summed E-state index contributed by atoms with van der Waals surface area (Å²) in [5, 5.41) is 3.54. The standard InChI is InChI=1S/C16H23F2N3/c1-2-19-15(10-12-3-4-13(17)14(18)9-12)16-11-20-5-7-21(16)8-6-20/h3-4,9,15-16,19H,2,5-8,10-11H2,1H3. The van der Waals surface area contributed by atoms with E-state index >= 15 is 0 Å². The fourth-order valence-corrected chi connectivity index (χ4v) is 3.57. The summed E-state index contributed by atoms with van der Waals surface area (Å²) in [5.41, 5.74) is 0.859. The highest BCUT2D eigenvalue weighted by atomic mass is 19.2. The lowest BCUT2D eigenvalue weighted by molar-refractivity contribution is -0.00289. The average Bonchev–Trinajstić information content (AvgIpc) is 2.51. The van der Waals surface area contributed by atoms with E-state index in [1.807, 2.05) is 0 Å². The quantitative estimate of drug-likeness (QED) is 0.888. The molecule has 3 aliphatic heterocycles. The zero-order valence-electron chi connectivity index (χ0n) is 12.5. The summed E-state index contributed by atoms with van der Waals surface area (Å²) in [6, 6.07) is 4.99. The molecular weight excluding hydrogens is 272 g/mol. The molecule has 3 nitrogen and oxygen atoms in total. The van der Waals surface area contributed by atoms with Crippen molar-refractivity contribution in [3.8, 4) is 0 Å². The van der Waals surface area contributed by atoms with Gasteiger partial charge in [-0.2, -0.15) is 0 Å². The first-order valence-corrected chi connectivity index (χ1v) is 7.81. The average molecular weight is 295 g/mol. The second-order valence-corrected chi connectivity index (χ2v) is 6.02. The van der Waals surface area contributed by atoms with Gasteiger partial charge in [-0.1, -0.05) is 13.0 Å². The lowest BCUT2D eigenvalue weighted by Crippen LogP contribution is -2.66. The summed E-state index contributed by atoms with van der Waals surface area (Å²) < 4.78 is 26.4. The molecule has 3 heterocycles. The van der Waals surface area contributed by atoms with E-state index in [4.69, 9.17) is 0 Å². The number of rotatable bonds is 5. The molecule has 2 bridgehead atoms. The van der Waals surface area contributed by atoms with Gasteiger partial charge in [-0.25, -0.2) is 8.78 Å². The van der Waals surface area contributed by atoms with Crippen LogP contribution in [0.1, 0.15) is 12.5 Å². The molecule has 0 spiro atoms. The molecule has 0 radical (unpaired) electrons. The molecular formula is C16H23F2N3. The second kappa shape index (κ2) is 6.38. The van der Waals surface area contributed by atoms with Gasteiger partial charge in [0.05, 0.1) is 0 Å². The maximum absolute atomic E-state index is 13.4. The molecule has 3 saturated heterocycles. The third-order valence-electron chi connectivity index (χ3n) is 4.69. The Morgan fingerprint density at radius 2 is 1.95 bits per heavy atom. The van der Waals surface area contributed by atoms with Crippen molar-refractivity contribution < 1.29 is 8.78 Å². The van der Waals surface area contributed by atoms with Crippen molar-refractivity contribution in [2.75, 3.05) is 39.3 Å². The van der Waals surface area contributed by atoms with Gasteiger partial charge in [0.25, 0.3) is 0 Å². The van der Waals surface area contributed by atoms with Crippen LogP contribution >= 0.6 is 0 Å². The van der Waals surface area contributed by atoms with Crippen molar-refractivity contribution in [2.45, 2.75) is 25.4 Å². The number of piperazine rings is 3. The smallest absolute Gasteiger partial charge is 0.159 e. The van der Waals surface area contributed by atoms with Crippen LogP contribution in [0.15, 0.2) is 18.2 Å². The van der Waals surface area contributed by atoms with E-state index in [-0.39, 0.29) is 6.04 Å². The van der Waals surface area contributed by atoms with Crippen LogP contribution in [0.5, 0.6) is 0 Å². The van der Waals surface area contributed by atoms with Gasteiger partial charge in [-0.3, -0.25) is 9.80 Å². The van der Waals surface area contributed by atoms with Crippen molar-refractivity contribution in [1.82, 2.24) is 15.1 Å². The molecule has 0 amide bonds. The Balaban J connectivity index is 1.73. The molecule has 4 rings (SSSR count). The SMILES string of the molecule is CCNC(Cc1ccc(F)c(F)c1)C1CN2CCN1CC2. The molecule has 5 heteroatoms. The summed E-state index contributed by atoms with van der Waals surface area (Å²) in [4.78, 5) is 5.04. The molecule has 3 fully saturated rings. The highest BCUT2D eigenvalue weighted by Gasteiger charge is 2.36. The summed E-state index contributed by atoms with van der Waals surface area (Å²) in [7, 11) is 0. The molecule has 116 valence electrons. The first kappa shape index (κ1) is 14.9. The number of likely N-dealkylation sites (N-methyl/N-ethyl adjacent to an activating group) is 1. The van der Waals surface area contributed by atoms with Crippen molar-refractivity contribution in [2.24, 2.45) is 0 Å². The van der Waals surface area contributed by atoms with Crippen LogP contribution in [0, 0.1) is 11.6 Å². The van der Waals surface area contributed by atoms with Gasteiger partial charge >= 0.3 is 0 Å². The fourth-order valence-electron chi connectivity index (χ4n) is 3.57. The van der Waals surface area contributed by atoms with Gasteiger partial charge in [-0.05, 0) is 30.7 Å². The Morgan fingerprint density at radius 1 is 1.19 bits per heavy atom. The molecule has 0 aliphatic carbocycles. The first-order valence-electron chi connectivity index (χ1n) is 7.81. The van der Waals surface area contributed by atoms with E-state index in [9.17, 15) is 8.78 Å². The van der Waals surface area contributed by atoms with Gasteiger partial charge in [0, 0.05) is 44.8 Å². The van der Waals surface area contributed by atoms with Crippen molar-refractivity contribution in [1.29, 1.82) is 0 Å². The van der Waals surface area contributed by atoms with Crippen molar-refractivity contribution >= 4 is 0 Å². The number of hydrogen-bond donors (Lipinski definition) is 1. The number of fused-ring (bicyclic) bond motifs is 3. The Bertz CT molecular complexity index is 486. The summed E-state index contributed by atoms with van der Waals surface area (Å²) in [6.07, 6.45) is 0.736. The summed E-state index contributed by atoms with van der Waals surface area (Å²) in [6.45, 7) is 8.59. The molecule has 2 atom stereocenters. The van der Waals surface area contributed by atoms with Crippen LogP contribution in [0.3, 0.4) is 0 Å². The minimum Gasteiger partial charge on any atom is -0.312 e. The number of halogens is 2. The van der Waals surface area contributed by atoms with Gasteiger partial charge in [0.1, 0.15) is 0 Å². The molecule has 2 unspecified atom stereocenters. The Labute approximate surface area is 124 Å².